The molecule has 2 rings (SSSR count). The highest BCUT2D eigenvalue weighted by Gasteiger charge is 2.28. The lowest BCUT2D eigenvalue weighted by molar-refractivity contribution is -0.127. The molecule has 92 valence electrons. The average molecular weight is 296 g/mol. The van der Waals surface area contributed by atoms with Crippen LogP contribution in [-0.2, 0) is 4.79 Å². The number of halogens is 1. The van der Waals surface area contributed by atoms with Crippen LogP contribution in [0.2, 0.25) is 0 Å². The van der Waals surface area contributed by atoms with Gasteiger partial charge in [-0.05, 0) is 24.3 Å². The van der Waals surface area contributed by atoms with Gasteiger partial charge in [0.25, 0.3) is 0 Å². The molecule has 2 atom stereocenters. The van der Waals surface area contributed by atoms with Gasteiger partial charge in [-0.2, -0.15) is 0 Å². The number of amides is 1. The summed E-state index contributed by atoms with van der Waals surface area (Å²) in [6, 6.07) is 10.5. The molecule has 1 heterocycles. The first-order valence-corrected chi connectivity index (χ1v) is 7.08. The van der Waals surface area contributed by atoms with Crippen molar-refractivity contribution >= 4 is 21.8 Å². The summed E-state index contributed by atoms with van der Waals surface area (Å²) < 4.78 is 0. The number of hydrogen-bond acceptors (Lipinski definition) is 1. The third-order valence-corrected chi connectivity index (χ3v) is 4.28. The van der Waals surface area contributed by atoms with E-state index in [1.54, 1.807) is 0 Å². The second-order valence-corrected chi connectivity index (χ2v) is 5.79. The SMILES string of the molecule is CC(CCN1CCC(Br)C1=O)c1ccccc1. The summed E-state index contributed by atoms with van der Waals surface area (Å²) >= 11 is 3.40. The highest BCUT2D eigenvalue weighted by molar-refractivity contribution is 9.10. The number of carbonyl (C=O) groups excluding carboxylic acids is 1. The number of nitrogens with zero attached hydrogens (tertiary/aromatic N) is 1. The Labute approximate surface area is 111 Å². The van der Waals surface area contributed by atoms with Gasteiger partial charge in [-0.1, -0.05) is 53.2 Å². The molecule has 1 amide bonds. The minimum Gasteiger partial charge on any atom is -0.342 e. The van der Waals surface area contributed by atoms with E-state index in [1.165, 1.54) is 5.56 Å². The van der Waals surface area contributed by atoms with E-state index in [1.807, 2.05) is 11.0 Å². The Kier molecular flexibility index (Phi) is 4.21. The second-order valence-electron chi connectivity index (χ2n) is 4.68. The van der Waals surface area contributed by atoms with E-state index in [0.717, 1.165) is 25.9 Å². The summed E-state index contributed by atoms with van der Waals surface area (Å²) in [5, 5.41) is 0. The van der Waals surface area contributed by atoms with Gasteiger partial charge in [0.05, 0.1) is 4.83 Å². The molecule has 0 radical (unpaired) electrons. The van der Waals surface area contributed by atoms with Gasteiger partial charge in [-0.3, -0.25) is 4.79 Å². The molecule has 1 saturated heterocycles. The van der Waals surface area contributed by atoms with Crippen molar-refractivity contribution in [3.05, 3.63) is 35.9 Å². The Hall–Kier alpha value is -0.830. The predicted molar refractivity (Wildman–Crippen MR) is 73.4 cm³/mol. The fourth-order valence-corrected chi connectivity index (χ4v) is 2.71. The van der Waals surface area contributed by atoms with E-state index >= 15 is 0 Å². The van der Waals surface area contributed by atoms with E-state index < -0.39 is 0 Å². The van der Waals surface area contributed by atoms with Crippen LogP contribution in [0.5, 0.6) is 0 Å². The van der Waals surface area contributed by atoms with E-state index in [9.17, 15) is 4.79 Å². The van der Waals surface area contributed by atoms with Crippen molar-refractivity contribution in [2.75, 3.05) is 13.1 Å². The van der Waals surface area contributed by atoms with Crippen molar-refractivity contribution in [2.24, 2.45) is 0 Å². The summed E-state index contributed by atoms with van der Waals surface area (Å²) in [6.07, 6.45) is 1.98. The molecule has 2 unspecified atom stereocenters. The fraction of sp³-hybridized carbons (Fsp3) is 0.500. The van der Waals surface area contributed by atoms with Gasteiger partial charge in [0, 0.05) is 13.1 Å². The molecule has 0 N–H and O–H groups in total. The molecule has 2 nitrogen and oxygen atoms in total. The van der Waals surface area contributed by atoms with Crippen LogP contribution in [0.1, 0.15) is 31.2 Å². The number of likely N-dealkylation sites (tertiary alicyclic amines) is 1. The monoisotopic (exact) mass is 295 g/mol. The summed E-state index contributed by atoms with van der Waals surface area (Å²) in [4.78, 5) is 13.8. The average Bonchev–Trinajstić information content (AvgIpc) is 2.68. The van der Waals surface area contributed by atoms with Crippen molar-refractivity contribution in [3.8, 4) is 0 Å². The fourth-order valence-electron chi connectivity index (χ4n) is 2.22. The molecule has 1 aromatic rings. The van der Waals surface area contributed by atoms with Crippen LogP contribution in [0.25, 0.3) is 0 Å². The van der Waals surface area contributed by atoms with E-state index in [0.29, 0.717) is 5.92 Å². The van der Waals surface area contributed by atoms with Crippen LogP contribution in [0, 0.1) is 0 Å². The van der Waals surface area contributed by atoms with Gasteiger partial charge >= 0.3 is 0 Å². The lowest BCUT2D eigenvalue weighted by Crippen LogP contribution is -2.29. The Morgan fingerprint density at radius 1 is 1.41 bits per heavy atom. The molecule has 1 aliphatic rings. The largest absolute Gasteiger partial charge is 0.342 e. The molecule has 1 aromatic carbocycles. The van der Waals surface area contributed by atoms with Gasteiger partial charge in [0.2, 0.25) is 5.91 Å². The first-order chi connectivity index (χ1) is 8.18. The number of carbonyl (C=O) groups is 1. The second kappa shape index (κ2) is 5.67. The van der Waals surface area contributed by atoms with Crippen LogP contribution >= 0.6 is 15.9 Å². The lowest BCUT2D eigenvalue weighted by Gasteiger charge is -2.19. The van der Waals surface area contributed by atoms with Crippen molar-refractivity contribution in [2.45, 2.75) is 30.5 Å². The normalized spacial score (nSPS) is 21.9. The summed E-state index contributed by atoms with van der Waals surface area (Å²) in [7, 11) is 0. The van der Waals surface area contributed by atoms with E-state index in [4.69, 9.17) is 0 Å². The Balaban J connectivity index is 1.85. The topological polar surface area (TPSA) is 20.3 Å². The maximum atomic E-state index is 11.7. The zero-order valence-electron chi connectivity index (χ0n) is 10.1. The number of rotatable bonds is 4. The molecule has 1 fully saturated rings. The maximum absolute atomic E-state index is 11.7. The first kappa shape index (κ1) is 12.6. The number of benzene rings is 1. The van der Waals surface area contributed by atoms with Gasteiger partial charge in [-0.25, -0.2) is 0 Å². The van der Waals surface area contributed by atoms with Crippen LogP contribution in [-0.4, -0.2) is 28.7 Å². The molecule has 0 aromatic heterocycles. The molecular weight excluding hydrogens is 278 g/mol. The van der Waals surface area contributed by atoms with Crippen LogP contribution in [0.4, 0.5) is 0 Å². The van der Waals surface area contributed by atoms with Crippen molar-refractivity contribution in [1.82, 2.24) is 4.90 Å². The zero-order chi connectivity index (χ0) is 12.3. The molecule has 3 heteroatoms. The molecule has 1 aliphatic heterocycles. The third-order valence-electron chi connectivity index (χ3n) is 3.43. The summed E-state index contributed by atoms with van der Waals surface area (Å²) in [5.74, 6) is 0.767. The van der Waals surface area contributed by atoms with Crippen LogP contribution in [0.15, 0.2) is 30.3 Å². The molecule has 17 heavy (non-hydrogen) atoms. The lowest BCUT2D eigenvalue weighted by atomic mass is 9.98. The molecule has 0 saturated carbocycles. The summed E-state index contributed by atoms with van der Waals surface area (Å²) in [5.41, 5.74) is 1.36. The van der Waals surface area contributed by atoms with Crippen molar-refractivity contribution < 1.29 is 4.79 Å². The van der Waals surface area contributed by atoms with Gasteiger partial charge in [0.1, 0.15) is 0 Å². The molecule has 0 spiro atoms. The van der Waals surface area contributed by atoms with Crippen molar-refractivity contribution in [3.63, 3.8) is 0 Å². The third kappa shape index (κ3) is 3.09. The smallest absolute Gasteiger partial charge is 0.236 e. The number of hydrogen-bond donors (Lipinski definition) is 0. The minimum atomic E-state index is 0.0505. The zero-order valence-corrected chi connectivity index (χ0v) is 11.7. The Bertz CT molecular complexity index is 379. The first-order valence-electron chi connectivity index (χ1n) is 6.16. The molecule has 0 aliphatic carbocycles. The van der Waals surface area contributed by atoms with Crippen LogP contribution in [0.3, 0.4) is 0 Å². The van der Waals surface area contributed by atoms with Gasteiger partial charge in [-0.15, -0.1) is 0 Å². The van der Waals surface area contributed by atoms with E-state index in [-0.39, 0.29) is 10.7 Å². The Morgan fingerprint density at radius 3 is 2.71 bits per heavy atom. The molecule has 0 bridgehead atoms. The number of alkyl halides is 1. The minimum absolute atomic E-state index is 0.0505. The molecular formula is C14H18BrNO. The highest BCUT2D eigenvalue weighted by atomic mass is 79.9. The predicted octanol–water partition coefficient (Wildman–Crippen LogP) is 3.18. The summed E-state index contributed by atoms with van der Waals surface area (Å²) in [6.45, 7) is 3.99. The standard InChI is InChI=1S/C14H18BrNO/c1-11(12-5-3-2-4-6-12)7-9-16-10-8-13(15)14(16)17/h2-6,11,13H,7-10H2,1H3. The Morgan fingerprint density at radius 2 is 2.12 bits per heavy atom. The van der Waals surface area contributed by atoms with Crippen molar-refractivity contribution in [1.29, 1.82) is 0 Å². The highest BCUT2D eigenvalue weighted by Crippen LogP contribution is 2.22. The van der Waals surface area contributed by atoms with Gasteiger partial charge < -0.3 is 4.90 Å². The van der Waals surface area contributed by atoms with Gasteiger partial charge in [0.15, 0.2) is 0 Å². The maximum Gasteiger partial charge on any atom is 0.236 e. The van der Waals surface area contributed by atoms with Crippen LogP contribution < -0.4 is 0 Å². The van der Waals surface area contributed by atoms with E-state index in [2.05, 4.69) is 47.1 Å². The quantitative estimate of drug-likeness (QED) is 0.782.